The molecule has 0 fully saturated rings. The number of rotatable bonds is 3. The van der Waals surface area contributed by atoms with Crippen LogP contribution in [0, 0.1) is 0 Å². The van der Waals surface area contributed by atoms with Crippen molar-refractivity contribution in [2.75, 3.05) is 13.7 Å². The Morgan fingerprint density at radius 1 is 1.80 bits per heavy atom. The highest BCUT2D eigenvalue weighted by Crippen LogP contribution is 2.10. The van der Waals surface area contributed by atoms with E-state index in [1.54, 1.807) is 19.6 Å². The van der Waals surface area contributed by atoms with Gasteiger partial charge in [-0.05, 0) is 13.1 Å². The fraction of sp³-hybridized carbons (Fsp3) is 0.429. The van der Waals surface area contributed by atoms with Crippen LogP contribution < -0.4 is 5.32 Å². The smallest absolute Gasteiger partial charge is 0.0951 e. The highest BCUT2D eigenvalue weighted by molar-refractivity contribution is 5.10. The second-order valence-corrected chi connectivity index (χ2v) is 2.08. The third-order valence-electron chi connectivity index (χ3n) is 1.48. The maximum Gasteiger partial charge on any atom is 0.0951 e. The van der Waals surface area contributed by atoms with Gasteiger partial charge in [-0.3, -0.25) is 0 Å². The van der Waals surface area contributed by atoms with Crippen LogP contribution in [0.15, 0.2) is 23.0 Å². The lowest BCUT2D eigenvalue weighted by molar-refractivity contribution is 0.250. The Bertz CT molecular complexity index is 168. The Balaban J connectivity index is 2.64. The molecule has 1 aromatic rings. The van der Waals surface area contributed by atoms with Gasteiger partial charge in [0.25, 0.3) is 0 Å². The molecule has 10 heavy (non-hydrogen) atoms. The lowest BCUT2D eigenvalue weighted by Crippen LogP contribution is -2.18. The topological polar surface area (TPSA) is 45.4 Å². The van der Waals surface area contributed by atoms with Gasteiger partial charge in [0.1, 0.15) is 0 Å². The van der Waals surface area contributed by atoms with E-state index >= 15 is 0 Å². The van der Waals surface area contributed by atoms with Gasteiger partial charge in [-0.25, -0.2) is 0 Å². The summed E-state index contributed by atoms with van der Waals surface area (Å²) in [5.74, 6) is 0. The molecule has 0 unspecified atom stereocenters. The monoisotopic (exact) mass is 141 g/mol. The van der Waals surface area contributed by atoms with Gasteiger partial charge in [0, 0.05) is 5.56 Å². The van der Waals surface area contributed by atoms with Gasteiger partial charge in [0.15, 0.2) is 0 Å². The predicted octanol–water partition coefficient (Wildman–Crippen LogP) is 0.532. The van der Waals surface area contributed by atoms with Crippen LogP contribution in [-0.2, 0) is 0 Å². The molecule has 1 aromatic heterocycles. The first kappa shape index (κ1) is 7.31. The Morgan fingerprint density at radius 3 is 3.00 bits per heavy atom. The van der Waals surface area contributed by atoms with Gasteiger partial charge in [-0.1, -0.05) is 0 Å². The fourth-order valence-corrected chi connectivity index (χ4v) is 0.837. The van der Waals surface area contributed by atoms with Crippen molar-refractivity contribution in [2.45, 2.75) is 6.04 Å². The standard InChI is InChI=1S/C7H11NO2/c1-8-7(4-9)6-2-3-10-5-6/h2-3,5,7-9H,4H2,1H3/t7-/m1/s1. The number of furan rings is 1. The quantitative estimate of drug-likeness (QED) is 0.645. The van der Waals surface area contributed by atoms with Crippen molar-refractivity contribution in [3.63, 3.8) is 0 Å². The molecule has 0 bridgehead atoms. The first-order valence-corrected chi connectivity index (χ1v) is 3.18. The summed E-state index contributed by atoms with van der Waals surface area (Å²) >= 11 is 0. The lowest BCUT2D eigenvalue weighted by atomic mass is 10.2. The van der Waals surface area contributed by atoms with Crippen LogP contribution in [0.5, 0.6) is 0 Å². The molecular weight excluding hydrogens is 130 g/mol. The van der Waals surface area contributed by atoms with Gasteiger partial charge >= 0.3 is 0 Å². The summed E-state index contributed by atoms with van der Waals surface area (Å²) in [4.78, 5) is 0. The van der Waals surface area contributed by atoms with Gasteiger partial charge in [0.05, 0.1) is 25.2 Å². The molecule has 0 aromatic carbocycles. The minimum Gasteiger partial charge on any atom is -0.472 e. The van der Waals surface area contributed by atoms with Crippen molar-refractivity contribution < 1.29 is 9.52 Å². The number of aliphatic hydroxyl groups excluding tert-OH is 1. The zero-order valence-electron chi connectivity index (χ0n) is 5.87. The average Bonchev–Trinajstić information content (AvgIpc) is 2.43. The van der Waals surface area contributed by atoms with E-state index in [2.05, 4.69) is 5.32 Å². The van der Waals surface area contributed by atoms with Crippen LogP contribution in [0.4, 0.5) is 0 Å². The van der Waals surface area contributed by atoms with Crippen LogP contribution in [0.1, 0.15) is 11.6 Å². The maximum atomic E-state index is 8.79. The molecule has 1 atom stereocenters. The summed E-state index contributed by atoms with van der Waals surface area (Å²) in [5.41, 5.74) is 0.977. The Morgan fingerprint density at radius 2 is 2.60 bits per heavy atom. The summed E-state index contributed by atoms with van der Waals surface area (Å²) in [7, 11) is 1.80. The summed E-state index contributed by atoms with van der Waals surface area (Å²) < 4.78 is 4.85. The first-order chi connectivity index (χ1) is 4.88. The molecule has 0 amide bonds. The maximum absolute atomic E-state index is 8.79. The van der Waals surface area contributed by atoms with E-state index in [4.69, 9.17) is 9.52 Å². The molecule has 0 aliphatic rings. The van der Waals surface area contributed by atoms with Crippen LogP contribution in [-0.4, -0.2) is 18.8 Å². The van der Waals surface area contributed by atoms with Crippen LogP contribution in [0.3, 0.4) is 0 Å². The van der Waals surface area contributed by atoms with Gasteiger partial charge in [0.2, 0.25) is 0 Å². The first-order valence-electron chi connectivity index (χ1n) is 3.18. The molecule has 3 heteroatoms. The van der Waals surface area contributed by atoms with E-state index in [0.29, 0.717) is 0 Å². The summed E-state index contributed by atoms with van der Waals surface area (Å²) in [6.07, 6.45) is 3.22. The van der Waals surface area contributed by atoms with E-state index in [-0.39, 0.29) is 12.6 Å². The van der Waals surface area contributed by atoms with Crippen molar-refractivity contribution in [1.82, 2.24) is 5.32 Å². The highest BCUT2D eigenvalue weighted by Gasteiger charge is 2.06. The van der Waals surface area contributed by atoms with Crippen molar-refractivity contribution in [3.8, 4) is 0 Å². The van der Waals surface area contributed by atoms with Gasteiger partial charge in [-0.15, -0.1) is 0 Å². The third kappa shape index (κ3) is 1.37. The minimum absolute atomic E-state index is 0.00116. The normalized spacial score (nSPS) is 13.4. The van der Waals surface area contributed by atoms with E-state index in [1.165, 1.54) is 0 Å². The molecule has 3 nitrogen and oxygen atoms in total. The molecular formula is C7H11NO2. The van der Waals surface area contributed by atoms with Crippen molar-refractivity contribution in [3.05, 3.63) is 24.2 Å². The van der Waals surface area contributed by atoms with E-state index in [1.807, 2.05) is 6.07 Å². The van der Waals surface area contributed by atoms with E-state index < -0.39 is 0 Å². The largest absolute Gasteiger partial charge is 0.472 e. The predicted molar refractivity (Wildman–Crippen MR) is 37.6 cm³/mol. The SMILES string of the molecule is CN[C@H](CO)c1ccoc1. The van der Waals surface area contributed by atoms with E-state index in [9.17, 15) is 0 Å². The Labute approximate surface area is 59.7 Å². The molecule has 0 aliphatic carbocycles. The fourth-order valence-electron chi connectivity index (χ4n) is 0.837. The summed E-state index contributed by atoms with van der Waals surface area (Å²) in [6.45, 7) is 0.0933. The van der Waals surface area contributed by atoms with Crippen LogP contribution >= 0.6 is 0 Å². The molecule has 1 rings (SSSR count). The molecule has 0 saturated carbocycles. The number of aliphatic hydroxyl groups is 1. The molecule has 0 aliphatic heterocycles. The van der Waals surface area contributed by atoms with Gasteiger partial charge in [-0.2, -0.15) is 0 Å². The Kier molecular flexibility index (Phi) is 2.48. The van der Waals surface area contributed by atoms with Gasteiger partial charge < -0.3 is 14.8 Å². The lowest BCUT2D eigenvalue weighted by Gasteiger charge is -2.08. The molecule has 0 saturated heterocycles. The average molecular weight is 141 g/mol. The number of nitrogens with one attached hydrogen (secondary N) is 1. The number of likely N-dealkylation sites (N-methyl/N-ethyl adjacent to an activating group) is 1. The highest BCUT2D eigenvalue weighted by atomic mass is 16.3. The molecule has 56 valence electrons. The minimum atomic E-state index is -0.00116. The van der Waals surface area contributed by atoms with Crippen molar-refractivity contribution in [2.24, 2.45) is 0 Å². The molecule has 0 radical (unpaired) electrons. The van der Waals surface area contributed by atoms with E-state index in [0.717, 1.165) is 5.56 Å². The summed E-state index contributed by atoms with van der Waals surface area (Å²) in [6, 6.07) is 1.83. The third-order valence-corrected chi connectivity index (χ3v) is 1.48. The summed E-state index contributed by atoms with van der Waals surface area (Å²) in [5, 5.41) is 11.7. The number of hydrogen-bond acceptors (Lipinski definition) is 3. The second kappa shape index (κ2) is 3.39. The zero-order chi connectivity index (χ0) is 7.40. The van der Waals surface area contributed by atoms with Crippen molar-refractivity contribution in [1.29, 1.82) is 0 Å². The Hall–Kier alpha value is -0.800. The number of hydrogen-bond donors (Lipinski definition) is 2. The zero-order valence-corrected chi connectivity index (χ0v) is 5.87. The van der Waals surface area contributed by atoms with Crippen molar-refractivity contribution >= 4 is 0 Å². The second-order valence-electron chi connectivity index (χ2n) is 2.08. The molecule has 0 spiro atoms. The van der Waals surface area contributed by atoms with Crippen LogP contribution in [0.25, 0.3) is 0 Å². The molecule has 2 N–H and O–H groups in total. The van der Waals surface area contributed by atoms with Crippen LogP contribution in [0.2, 0.25) is 0 Å². The molecule has 1 heterocycles.